The Morgan fingerprint density at radius 2 is 2.10 bits per heavy atom. The highest BCUT2D eigenvalue weighted by molar-refractivity contribution is 9.10. The van der Waals surface area contributed by atoms with Gasteiger partial charge in [-0.05, 0) is 28.1 Å². The predicted octanol–water partition coefficient (Wildman–Crippen LogP) is 4.14. The summed E-state index contributed by atoms with van der Waals surface area (Å²) < 4.78 is 5.65. The number of rotatable bonds is 4. The summed E-state index contributed by atoms with van der Waals surface area (Å²) in [5, 5.41) is 11.2. The van der Waals surface area contributed by atoms with E-state index >= 15 is 0 Å². The van der Waals surface area contributed by atoms with E-state index in [2.05, 4.69) is 26.3 Å². The number of halogens is 3. The standard InChI is InChI=1S/C11H7BrCl2N4O3/c12-9-7(18(19)20)2-1-3-8(9)21-11-6(14)4-5(13)10(16-11)17-15/h1-4H,15H2,(H,16,17). The van der Waals surface area contributed by atoms with E-state index in [1.807, 2.05) is 0 Å². The summed E-state index contributed by atoms with van der Waals surface area (Å²) >= 11 is 14.9. The first-order chi connectivity index (χ1) is 9.93. The quantitative estimate of drug-likeness (QED) is 0.459. The normalized spacial score (nSPS) is 10.3. The van der Waals surface area contributed by atoms with Crippen LogP contribution in [0.3, 0.4) is 0 Å². The van der Waals surface area contributed by atoms with Gasteiger partial charge in [0.1, 0.15) is 9.50 Å². The second-order valence-corrected chi connectivity index (χ2v) is 5.31. The largest absolute Gasteiger partial charge is 0.436 e. The lowest BCUT2D eigenvalue weighted by atomic mass is 10.3. The van der Waals surface area contributed by atoms with E-state index in [4.69, 9.17) is 33.8 Å². The average molecular weight is 394 g/mol. The van der Waals surface area contributed by atoms with Gasteiger partial charge >= 0.3 is 0 Å². The minimum atomic E-state index is -0.541. The second-order valence-electron chi connectivity index (χ2n) is 3.70. The van der Waals surface area contributed by atoms with E-state index < -0.39 is 4.92 Å². The van der Waals surface area contributed by atoms with Gasteiger partial charge in [-0.25, -0.2) is 5.84 Å². The zero-order valence-corrected chi connectivity index (χ0v) is 13.2. The predicted molar refractivity (Wildman–Crippen MR) is 82.9 cm³/mol. The van der Waals surface area contributed by atoms with Gasteiger partial charge in [0.25, 0.3) is 5.69 Å². The highest BCUT2D eigenvalue weighted by atomic mass is 79.9. The first-order valence-electron chi connectivity index (χ1n) is 5.37. The van der Waals surface area contributed by atoms with Crippen LogP contribution in [0.2, 0.25) is 10.0 Å². The zero-order valence-electron chi connectivity index (χ0n) is 10.1. The Bertz CT molecular complexity index is 714. The van der Waals surface area contributed by atoms with Gasteiger partial charge < -0.3 is 10.2 Å². The lowest BCUT2D eigenvalue weighted by Gasteiger charge is -2.10. The molecule has 0 aliphatic heterocycles. The molecule has 0 aliphatic rings. The number of benzene rings is 1. The number of anilines is 1. The Balaban J connectivity index is 2.43. The van der Waals surface area contributed by atoms with Gasteiger partial charge in [0.2, 0.25) is 5.88 Å². The van der Waals surface area contributed by atoms with E-state index in [9.17, 15) is 10.1 Å². The number of nitrogens with zero attached hydrogens (tertiary/aromatic N) is 2. The molecule has 1 heterocycles. The molecule has 7 nitrogen and oxygen atoms in total. The number of hydrazine groups is 1. The van der Waals surface area contributed by atoms with Gasteiger partial charge in [-0.15, -0.1) is 0 Å². The molecule has 2 rings (SSSR count). The first kappa shape index (κ1) is 15.8. The molecular weight excluding hydrogens is 387 g/mol. The third-order valence-electron chi connectivity index (χ3n) is 2.38. The summed E-state index contributed by atoms with van der Waals surface area (Å²) in [4.78, 5) is 14.3. The molecule has 1 aromatic carbocycles. The Morgan fingerprint density at radius 3 is 2.71 bits per heavy atom. The maximum Gasteiger partial charge on any atom is 0.287 e. The Morgan fingerprint density at radius 1 is 1.38 bits per heavy atom. The minimum absolute atomic E-state index is 0.00946. The monoisotopic (exact) mass is 392 g/mol. The summed E-state index contributed by atoms with van der Waals surface area (Å²) in [6, 6.07) is 5.73. The molecule has 0 saturated carbocycles. The van der Waals surface area contributed by atoms with Crippen LogP contribution in [0.1, 0.15) is 0 Å². The molecule has 0 amide bonds. The van der Waals surface area contributed by atoms with Gasteiger partial charge in [0.15, 0.2) is 11.6 Å². The van der Waals surface area contributed by atoms with Crippen molar-refractivity contribution in [2.45, 2.75) is 0 Å². The zero-order chi connectivity index (χ0) is 15.6. The summed E-state index contributed by atoms with van der Waals surface area (Å²) in [6.45, 7) is 0. The molecule has 0 saturated heterocycles. The van der Waals surface area contributed by atoms with Crippen LogP contribution in [-0.2, 0) is 0 Å². The van der Waals surface area contributed by atoms with E-state index in [1.54, 1.807) is 0 Å². The van der Waals surface area contributed by atoms with Crippen LogP contribution in [0.4, 0.5) is 11.5 Å². The number of nitro groups is 1. The lowest BCUT2D eigenvalue weighted by molar-refractivity contribution is -0.385. The van der Waals surface area contributed by atoms with Gasteiger partial charge in [-0.2, -0.15) is 4.98 Å². The molecule has 1 aromatic heterocycles. The topological polar surface area (TPSA) is 103 Å². The molecule has 0 spiro atoms. The average Bonchev–Trinajstić information content (AvgIpc) is 2.43. The number of ether oxygens (including phenoxy) is 1. The van der Waals surface area contributed by atoms with Crippen LogP contribution in [-0.4, -0.2) is 9.91 Å². The van der Waals surface area contributed by atoms with Crippen LogP contribution in [0.25, 0.3) is 0 Å². The number of hydrogen-bond donors (Lipinski definition) is 2. The van der Waals surface area contributed by atoms with Crippen LogP contribution in [0, 0.1) is 10.1 Å². The molecule has 10 heteroatoms. The number of aromatic nitrogens is 1. The van der Waals surface area contributed by atoms with Crippen molar-refractivity contribution in [1.82, 2.24) is 4.98 Å². The molecule has 0 radical (unpaired) electrons. The molecule has 0 atom stereocenters. The van der Waals surface area contributed by atoms with Crippen LogP contribution in [0.15, 0.2) is 28.7 Å². The molecule has 0 unspecified atom stereocenters. The Kier molecular flexibility index (Phi) is 4.84. The van der Waals surface area contributed by atoms with E-state index in [0.29, 0.717) is 0 Å². The number of nitro benzene ring substituents is 1. The van der Waals surface area contributed by atoms with Gasteiger partial charge in [0, 0.05) is 6.07 Å². The number of nitrogens with two attached hydrogens (primary N) is 1. The van der Waals surface area contributed by atoms with Gasteiger partial charge in [-0.1, -0.05) is 29.3 Å². The summed E-state index contributed by atoms with van der Waals surface area (Å²) in [7, 11) is 0. The maximum absolute atomic E-state index is 10.9. The van der Waals surface area contributed by atoms with Crippen LogP contribution in [0.5, 0.6) is 11.6 Å². The molecule has 0 fully saturated rings. The highest BCUT2D eigenvalue weighted by Gasteiger charge is 2.18. The molecular formula is C11H7BrCl2N4O3. The highest BCUT2D eigenvalue weighted by Crippen LogP contribution is 2.39. The van der Waals surface area contributed by atoms with Crippen molar-refractivity contribution in [1.29, 1.82) is 0 Å². The minimum Gasteiger partial charge on any atom is -0.436 e. The van der Waals surface area contributed by atoms with Crippen molar-refractivity contribution in [2.75, 3.05) is 5.43 Å². The number of pyridine rings is 1. The molecule has 0 aliphatic carbocycles. The first-order valence-corrected chi connectivity index (χ1v) is 6.92. The van der Waals surface area contributed by atoms with Crippen molar-refractivity contribution < 1.29 is 9.66 Å². The molecule has 21 heavy (non-hydrogen) atoms. The summed E-state index contributed by atoms with van der Waals surface area (Å²) in [6.07, 6.45) is 0. The maximum atomic E-state index is 10.9. The van der Waals surface area contributed by atoms with E-state index in [1.165, 1.54) is 24.3 Å². The Hall–Kier alpha value is -1.61. The van der Waals surface area contributed by atoms with Crippen molar-refractivity contribution in [3.63, 3.8) is 0 Å². The molecule has 0 bridgehead atoms. The summed E-state index contributed by atoms with van der Waals surface area (Å²) in [5.41, 5.74) is 2.15. The molecule has 110 valence electrons. The van der Waals surface area contributed by atoms with Crippen molar-refractivity contribution in [3.8, 4) is 11.6 Å². The number of hydrogen-bond acceptors (Lipinski definition) is 6. The SMILES string of the molecule is NNc1nc(Oc2cccc([N+](=O)[O-])c2Br)c(Cl)cc1Cl. The van der Waals surface area contributed by atoms with Crippen molar-refractivity contribution in [2.24, 2.45) is 5.84 Å². The molecule has 2 aromatic rings. The second kappa shape index (κ2) is 6.44. The summed E-state index contributed by atoms with van der Waals surface area (Å²) in [5.74, 6) is 5.62. The van der Waals surface area contributed by atoms with Crippen LogP contribution < -0.4 is 16.0 Å². The number of nitrogens with one attached hydrogen (secondary N) is 1. The van der Waals surface area contributed by atoms with Crippen molar-refractivity contribution >= 4 is 50.6 Å². The fourth-order valence-corrected chi connectivity index (χ4v) is 2.39. The Labute approximate surface area is 137 Å². The fraction of sp³-hybridized carbons (Fsp3) is 0. The van der Waals surface area contributed by atoms with Crippen molar-refractivity contribution in [3.05, 3.63) is 48.9 Å². The van der Waals surface area contributed by atoms with Gasteiger partial charge in [0.05, 0.1) is 9.95 Å². The van der Waals surface area contributed by atoms with Crippen LogP contribution >= 0.6 is 39.1 Å². The lowest BCUT2D eigenvalue weighted by Crippen LogP contribution is -2.09. The number of nitrogen functional groups attached to an aromatic ring is 1. The third-order valence-corrected chi connectivity index (χ3v) is 3.74. The van der Waals surface area contributed by atoms with Gasteiger partial charge in [-0.3, -0.25) is 10.1 Å². The third kappa shape index (κ3) is 3.35. The van der Waals surface area contributed by atoms with E-state index in [-0.39, 0.29) is 37.7 Å². The fourth-order valence-electron chi connectivity index (χ4n) is 1.45. The van der Waals surface area contributed by atoms with E-state index in [0.717, 1.165) is 0 Å². The smallest absolute Gasteiger partial charge is 0.287 e. The molecule has 3 N–H and O–H groups in total.